The lowest BCUT2D eigenvalue weighted by atomic mass is 10.00. The molecule has 1 unspecified atom stereocenters. The van der Waals surface area contributed by atoms with Crippen molar-refractivity contribution in [2.75, 3.05) is 5.32 Å². The molecule has 3 N–H and O–H groups in total. The number of hydrogen-bond acceptors (Lipinski definition) is 4. The van der Waals surface area contributed by atoms with Crippen LogP contribution in [0.25, 0.3) is 0 Å². The van der Waals surface area contributed by atoms with E-state index in [9.17, 15) is 19.7 Å². The fourth-order valence-electron chi connectivity index (χ4n) is 1.44. The zero-order chi connectivity index (χ0) is 16.2. The van der Waals surface area contributed by atoms with E-state index in [1.165, 1.54) is 19.1 Å². The standard InChI is InChI=1S/C12H14ClN3O5/c1-3-12(2,10(17)18)15-11(19)14-7-4-5-8(13)9(6-7)16(20)21/h4-6H,3H2,1-2H3,(H,17,18)(H2,14,15,19). The van der Waals surface area contributed by atoms with Gasteiger partial charge in [0.15, 0.2) is 0 Å². The Balaban J connectivity index is 2.87. The van der Waals surface area contributed by atoms with Crippen molar-refractivity contribution in [3.63, 3.8) is 0 Å². The van der Waals surface area contributed by atoms with Crippen LogP contribution in [0.5, 0.6) is 0 Å². The van der Waals surface area contributed by atoms with Gasteiger partial charge in [0.1, 0.15) is 10.6 Å². The molecule has 0 aromatic heterocycles. The Morgan fingerprint density at radius 1 is 1.48 bits per heavy atom. The number of nitrogens with zero attached hydrogens (tertiary/aromatic N) is 1. The third kappa shape index (κ3) is 4.06. The number of amides is 2. The summed E-state index contributed by atoms with van der Waals surface area (Å²) in [4.78, 5) is 32.9. The summed E-state index contributed by atoms with van der Waals surface area (Å²) in [5.41, 5.74) is -1.65. The number of carboxylic acid groups (broad SMARTS) is 1. The van der Waals surface area contributed by atoms with E-state index in [4.69, 9.17) is 16.7 Å². The fraction of sp³-hybridized carbons (Fsp3) is 0.333. The molecule has 0 spiro atoms. The number of carbonyl (C=O) groups is 2. The SMILES string of the molecule is CCC(C)(NC(=O)Nc1ccc(Cl)c([N+](=O)[O-])c1)C(=O)O. The van der Waals surface area contributed by atoms with Crippen LogP contribution in [0.3, 0.4) is 0 Å². The number of benzene rings is 1. The van der Waals surface area contributed by atoms with E-state index < -0.39 is 22.5 Å². The lowest BCUT2D eigenvalue weighted by Crippen LogP contribution is -2.53. The van der Waals surface area contributed by atoms with E-state index in [0.717, 1.165) is 6.07 Å². The molecule has 0 aliphatic carbocycles. The number of carboxylic acids is 1. The monoisotopic (exact) mass is 315 g/mol. The van der Waals surface area contributed by atoms with Gasteiger partial charge in [0.05, 0.1) is 4.92 Å². The van der Waals surface area contributed by atoms with Crippen molar-refractivity contribution in [1.29, 1.82) is 0 Å². The highest BCUT2D eigenvalue weighted by Gasteiger charge is 2.32. The second-order valence-electron chi connectivity index (χ2n) is 4.49. The van der Waals surface area contributed by atoms with Crippen molar-refractivity contribution in [2.24, 2.45) is 0 Å². The van der Waals surface area contributed by atoms with Gasteiger partial charge >= 0.3 is 12.0 Å². The number of carbonyl (C=O) groups excluding carboxylic acids is 1. The Hall–Kier alpha value is -2.35. The fourth-order valence-corrected chi connectivity index (χ4v) is 1.62. The van der Waals surface area contributed by atoms with Crippen LogP contribution >= 0.6 is 11.6 Å². The highest BCUT2D eigenvalue weighted by Crippen LogP contribution is 2.27. The van der Waals surface area contributed by atoms with Crippen LogP contribution in [-0.2, 0) is 4.79 Å². The summed E-state index contributed by atoms with van der Waals surface area (Å²) in [6.45, 7) is 2.97. The van der Waals surface area contributed by atoms with Crippen LogP contribution in [0, 0.1) is 10.1 Å². The summed E-state index contributed by atoms with van der Waals surface area (Å²) in [5, 5.41) is 24.4. The van der Waals surface area contributed by atoms with Gasteiger partial charge in [0, 0.05) is 11.8 Å². The van der Waals surface area contributed by atoms with E-state index in [2.05, 4.69) is 10.6 Å². The molecule has 114 valence electrons. The Labute approximate surface area is 125 Å². The predicted octanol–water partition coefficient (Wildman–Crippen LogP) is 2.62. The number of aliphatic carboxylic acids is 1. The van der Waals surface area contributed by atoms with E-state index in [0.29, 0.717) is 0 Å². The first-order valence-electron chi connectivity index (χ1n) is 5.96. The Morgan fingerprint density at radius 2 is 2.10 bits per heavy atom. The molecule has 1 rings (SSSR count). The summed E-state index contributed by atoms with van der Waals surface area (Å²) in [6.07, 6.45) is 0.177. The van der Waals surface area contributed by atoms with Crippen LogP contribution in [0.15, 0.2) is 18.2 Å². The molecule has 0 saturated heterocycles. The van der Waals surface area contributed by atoms with Gasteiger partial charge in [0.2, 0.25) is 0 Å². The number of nitro benzene ring substituents is 1. The minimum atomic E-state index is -1.43. The average Bonchev–Trinajstić information content (AvgIpc) is 2.40. The number of halogens is 1. The Bertz CT molecular complexity index is 592. The Kier molecular flexibility index (Phi) is 5.09. The molecule has 0 aliphatic heterocycles. The summed E-state index contributed by atoms with van der Waals surface area (Å²) >= 11 is 5.65. The maximum Gasteiger partial charge on any atom is 0.329 e. The predicted molar refractivity (Wildman–Crippen MR) is 76.6 cm³/mol. The maximum atomic E-state index is 11.8. The minimum Gasteiger partial charge on any atom is -0.480 e. The van der Waals surface area contributed by atoms with Gasteiger partial charge in [-0.1, -0.05) is 18.5 Å². The maximum absolute atomic E-state index is 11.8. The number of urea groups is 1. The molecule has 21 heavy (non-hydrogen) atoms. The summed E-state index contributed by atoms with van der Waals surface area (Å²) in [7, 11) is 0. The second kappa shape index (κ2) is 6.40. The lowest BCUT2D eigenvalue weighted by molar-refractivity contribution is -0.384. The van der Waals surface area contributed by atoms with Crippen LogP contribution in [-0.4, -0.2) is 27.6 Å². The molecule has 0 radical (unpaired) electrons. The highest BCUT2D eigenvalue weighted by atomic mass is 35.5. The van der Waals surface area contributed by atoms with Gasteiger partial charge in [-0.15, -0.1) is 0 Å². The molecule has 0 heterocycles. The number of anilines is 1. The molecule has 0 aliphatic rings. The van der Waals surface area contributed by atoms with E-state index >= 15 is 0 Å². The quantitative estimate of drug-likeness (QED) is 0.569. The summed E-state index contributed by atoms with van der Waals surface area (Å²) in [5.74, 6) is -1.18. The molecule has 1 aromatic rings. The van der Waals surface area contributed by atoms with Gasteiger partial charge in [0.25, 0.3) is 5.69 Å². The van der Waals surface area contributed by atoms with Crippen molar-refractivity contribution in [1.82, 2.24) is 5.32 Å². The molecule has 0 bridgehead atoms. The van der Waals surface area contributed by atoms with Crippen LogP contribution in [0.2, 0.25) is 5.02 Å². The zero-order valence-electron chi connectivity index (χ0n) is 11.3. The van der Waals surface area contributed by atoms with Gasteiger partial charge in [-0.05, 0) is 25.5 Å². The summed E-state index contributed by atoms with van der Waals surface area (Å²) in [6, 6.07) is 2.95. The number of hydrogen-bond donors (Lipinski definition) is 3. The van der Waals surface area contributed by atoms with Crippen molar-refractivity contribution < 1.29 is 19.6 Å². The average molecular weight is 316 g/mol. The molecule has 1 atom stereocenters. The van der Waals surface area contributed by atoms with Crippen LogP contribution in [0.1, 0.15) is 20.3 Å². The van der Waals surface area contributed by atoms with E-state index in [-0.39, 0.29) is 22.8 Å². The third-order valence-corrected chi connectivity index (χ3v) is 3.29. The van der Waals surface area contributed by atoms with Gasteiger partial charge in [-0.2, -0.15) is 0 Å². The van der Waals surface area contributed by atoms with E-state index in [1.807, 2.05) is 0 Å². The summed E-state index contributed by atoms with van der Waals surface area (Å²) < 4.78 is 0. The second-order valence-corrected chi connectivity index (χ2v) is 4.90. The normalized spacial score (nSPS) is 13.1. The van der Waals surface area contributed by atoms with Crippen molar-refractivity contribution in [2.45, 2.75) is 25.8 Å². The smallest absolute Gasteiger partial charge is 0.329 e. The Morgan fingerprint density at radius 3 is 2.57 bits per heavy atom. The molecule has 0 saturated carbocycles. The largest absolute Gasteiger partial charge is 0.480 e. The first-order chi connectivity index (χ1) is 9.69. The van der Waals surface area contributed by atoms with Crippen molar-refractivity contribution >= 4 is 35.0 Å². The number of nitro groups is 1. The molecule has 0 fully saturated rings. The van der Waals surface area contributed by atoms with Crippen LogP contribution < -0.4 is 10.6 Å². The zero-order valence-corrected chi connectivity index (χ0v) is 12.1. The minimum absolute atomic E-state index is 0.0603. The molecular formula is C12H14ClN3O5. The first-order valence-corrected chi connectivity index (χ1v) is 6.34. The third-order valence-electron chi connectivity index (χ3n) is 2.97. The topological polar surface area (TPSA) is 122 Å². The van der Waals surface area contributed by atoms with Crippen molar-refractivity contribution in [3.05, 3.63) is 33.3 Å². The lowest BCUT2D eigenvalue weighted by Gasteiger charge is -2.24. The van der Waals surface area contributed by atoms with Gasteiger partial charge in [-0.3, -0.25) is 10.1 Å². The van der Waals surface area contributed by atoms with Gasteiger partial charge < -0.3 is 15.7 Å². The molecule has 2 amide bonds. The van der Waals surface area contributed by atoms with Crippen LogP contribution in [0.4, 0.5) is 16.2 Å². The number of rotatable bonds is 5. The molecule has 1 aromatic carbocycles. The number of nitrogens with one attached hydrogen (secondary N) is 2. The van der Waals surface area contributed by atoms with Gasteiger partial charge in [-0.25, -0.2) is 9.59 Å². The molecular weight excluding hydrogens is 302 g/mol. The molecule has 9 heteroatoms. The first kappa shape index (κ1) is 16.7. The van der Waals surface area contributed by atoms with Crippen molar-refractivity contribution in [3.8, 4) is 0 Å². The van der Waals surface area contributed by atoms with E-state index in [1.54, 1.807) is 6.92 Å². The highest BCUT2D eigenvalue weighted by molar-refractivity contribution is 6.32. The molecule has 8 nitrogen and oxygen atoms in total.